The second kappa shape index (κ2) is 5.08. The number of ether oxygens (including phenoxy) is 1. The molecule has 3 heteroatoms. The lowest BCUT2D eigenvalue weighted by Crippen LogP contribution is -2.48. The van der Waals surface area contributed by atoms with Gasteiger partial charge in [-0.2, -0.15) is 0 Å². The lowest BCUT2D eigenvalue weighted by atomic mass is 9.49. The summed E-state index contributed by atoms with van der Waals surface area (Å²) < 4.78 is 5.08. The lowest BCUT2D eigenvalue weighted by molar-refractivity contribution is -0.130. The monoisotopic (exact) mass is 265 g/mol. The van der Waals surface area contributed by atoms with E-state index in [2.05, 4.69) is 5.32 Å². The number of nitrogens with one attached hydrogen (secondary N) is 1. The lowest BCUT2D eigenvalue weighted by Gasteiger charge is -2.56. The van der Waals surface area contributed by atoms with Crippen LogP contribution in [-0.4, -0.2) is 25.7 Å². The third kappa shape index (κ3) is 2.81. The van der Waals surface area contributed by atoms with Crippen LogP contribution in [0.15, 0.2) is 0 Å². The molecule has 0 heterocycles. The molecule has 1 amide bonds. The van der Waals surface area contributed by atoms with Crippen LogP contribution >= 0.6 is 0 Å². The molecule has 0 radical (unpaired) electrons. The first kappa shape index (κ1) is 13.4. The summed E-state index contributed by atoms with van der Waals surface area (Å²) in [4.78, 5) is 12.2. The van der Waals surface area contributed by atoms with Crippen LogP contribution in [0.4, 0.5) is 0 Å². The smallest absolute Gasteiger partial charge is 0.220 e. The quantitative estimate of drug-likeness (QED) is 0.830. The molecule has 4 fully saturated rings. The fourth-order valence-electron chi connectivity index (χ4n) is 5.46. The fraction of sp³-hybridized carbons (Fsp3) is 0.938. The van der Waals surface area contributed by atoms with E-state index < -0.39 is 0 Å². The summed E-state index contributed by atoms with van der Waals surface area (Å²) in [6.07, 6.45) is 9.02. The van der Waals surface area contributed by atoms with Crippen LogP contribution < -0.4 is 5.32 Å². The highest BCUT2D eigenvalue weighted by Crippen LogP contribution is 2.61. The molecule has 4 bridgehead atoms. The maximum Gasteiger partial charge on any atom is 0.220 e. The van der Waals surface area contributed by atoms with Gasteiger partial charge in [0.15, 0.2) is 0 Å². The highest BCUT2D eigenvalue weighted by Gasteiger charge is 2.51. The van der Waals surface area contributed by atoms with E-state index >= 15 is 0 Å². The van der Waals surface area contributed by atoms with Gasteiger partial charge < -0.3 is 10.1 Å². The zero-order valence-corrected chi connectivity index (χ0v) is 12.3. The Kier molecular flexibility index (Phi) is 3.59. The molecule has 0 aromatic carbocycles. The Morgan fingerprint density at radius 3 is 2.21 bits per heavy atom. The van der Waals surface area contributed by atoms with Gasteiger partial charge in [-0.15, -0.1) is 0 Å². The van der Waals surface area contributed by atoms with Crippen LogP contribution in [0, 0.1) is 23.2 Å². The number of hydrogen-bond acceptors (Lipinski definition) is 2. The molecule has 19 heavy (non-hydrogen) atoms. The third-order valence-corrected chi connectivity index (χ3v) is 5.52. The van der Waals surface area contributed by atoms with Gasteiger partial charge in [0.1, 0.15) is 0 Å². The second-order valence-corrected chi connectivity index (χ2v) is 7.52. The molecule has 1 N–H and O–H groups in total. The first-order chi connectivity index (χ1) is 9.08. The maximum absolute atomic E-state index is 12.2. The van der Waals surface area contributed by atoms with E-state index in [0.717, 1.165) is 24.2 Å². The second-order valence-electron chi connectivity index (χ2n) is 7.52. The van der Waals surface area contributed by atoms with Gasteiger partial charge >= 0.3 is 0 Å². The predicted molar refractivity (Wildman–Crippen MR) is 74.7 cm³/mol. The molecule has 0 aliphatic heterocycles. The molecular weight excluding hydrogens is 238 g/mol. The van der Waals surface area contributed by atoms with Gasteiger partial charge in [0.25, 0.3) is 0 Å². The minimum Gasteiger partial charge on any atom is -0.383 e. The summed E-state index contributed by atoms with van der Waals surface area (Å²) in [5.41, 5.74) is 0.353. The van der Waals surface area contributed by atoms with Gasteiger partial charge in [-0.25, -0.2) is 0 Å². The number of methoxy groups -OCH3 is 1. The van der Waals surface area contributed by atoms with Crippen LogP contribution in [-0.2, 0) is 9.53 Å². The van der Waals surface area contributed by atoms with Crippen LogP contribution in [0.25, 0.3) is 0 Å². The molecule has 1 unspecified atom stereocenters. The summed E-state index contributed by atoms with van der Waals surface area (Å²) in [5, 5.41) is 3.09. The van der Waals surface area contributed by atoms with E-state index in [4.69, 9.17) is 4.74 Å². The number of rotatable bonds is 5. The Labute approximate surface area is 116 Å². The minimum atomic E-state index is 0.131. The van der Waals surface area contributed by atoms with E-state index in [9.17, 15) is 4.79 Å². The largest absolute Gasteiger partial charge is 0.383 e. The van der Waals surface area contributed by atoms with E-state index in [0.29, 0.717) is 12.0 Å². The molecular formula is C16H27NO2. The molecule has 1 atom stereocenters. The van der Waals surface area contributed by atoms with Gasteiger partial charge in [-0.1, -0.05) is 0 Å². The standard InChI is InChI=1S/C16H27NO2/c1-11(10-19-2)17-15(18)9-16-6-12-3-13(7-16)5-14(4-12)8-16/h11-14H,3-10H2,1-2H3,(H,17,18). The fourth-order valence-corrected chi connectivity index (χ4v) is 5.46. The van der Waals surface area contributed by atoms with Crippen molar-refractivity contribution in [3.05, 3.63) is 0 Å². The van der Waals surface area contributed by atoms with E-state index in [-0.39, 0.29) is 11.9 Å². The summed E-state index contributed by atoms with van der Waals surface area (Å²) in [7, 11) is 1.68. The Bertz CT molecular complexity index is 317. The van der Waals surface area contributed by atoms with Crippen molar-refractivity contribution in [3.63, 3.8) is 0 Å². The maximum atomic E-state index is 12.2. The molecule has 0 aromatic heterocycles. The summed E-state index contributed by atoms with van der Waals surface area (Å²) in [6, 6.07) is 0.131. The highest BCUT2D eigenvalue weighted by molar-refractivity contribution is 5.77. The van der Waals surface area contributed by atoms with Gasteiger partial charge in [-0.05, 0) is 68.6 Å². The normalized spacial score (nSPS) is 41.3. The van der Waals surface area contributed by atoms with Gasteiger partial charge in [0, 0.05) is 19.6 Å². The molecule has 0 spiro atoms. The first-order valence-electron chi connectivity index (χ1n) is 7.87. The van der Waals surface area contributed by atoms with Crippen molar-refractivity contribution in [2.75, 3.05) is 13.7 Å². The van der Waals surface area contributed by atoms with Crippen molar-refractivity contribution in [3.8, 4) is 0 Å². The van der Waals surface area contributed by atoms with Gasteiger partial charge in [0.05, 0.1) is 6.61 Å². The average Bonchev–Trinajstić information content (AvgIpc) is 2.25. The number of carbonyl (C=O) groups excluding carboxylic acids is 1. The SMILES string of the molecule is COCC(C)NC(=O)CC12CC3CC(CC(C3)C1)C2. The van der Waals surface area contributed by atoms with Crippen molar-refractivity contribution in [1.82, 2.24) is 5.32 Å². The molecule has 4 aliphatic rings. The number of carbonyl (C=O) groups is 1. The predicted octanol–water partition coefficient (Wildman–Crippen LogP) is 2.74. The minimum absolute atomic E-state index is 0.131. The molecule has 4 rings (SSSR count). The summed E-state index contributed by atoms with van der Waals surface area (Å²) in [6.45, 7) is 2.62. The molecule has 4 aliphatic carbocycles. The highest BCUT2D eigenvalue weighted by atomic mass is 16.5. The summed E-state index contributed by atoms with van der Waals surface area (Å²) >= 11 is 0. The van der Waals surface area contributed by atoms with Crippen LogP contribution in [0.3, 0.4) is 0 Å². The number of hydrogen-bond donors (Lipinski definition) is 1. The van der Waals surface area contributed by atoms with Crippen molar-refractivity contribution >= 4 is 5.91 Å². The van der Waals surface area contributed by atoms with Crippen LogP contribution in [0.2, 0.25) is 0 Å². The first-order valence-corrected chi connectivity index (χ1v) is 7.87. The van der Waals surface area contributed by atoms with E-state index in [1.165, 1.54) is 38.5 Å². The topological polar surface area (TPSA) is 38.3 Å². The average molecular weight is 265 g/mol. The van der Waals surface area contributed by atoms with E-state index in [1.807, 2.05) is 6.92 Å². The van der Waals surface area contributed by atoms with Gasteiger partial charge in [0.2, 0.25) is 5.91 Å². The van der Waals surface area contributed by atoms with Crippen molar-refractivity contribution < 1.29 is 9.53 Å². The molecule has 108 valence electrons. The zero-order valence-electron chi connectivity index (χ0n) is 12.3. The van der Waals surface area contributed by atoms with Crippen molar-refractivity contribution in [2.24, 2.45) is 23.2 Å². The molecule has 0 saturated heterocycles. The Morgan fingerprint density at radius 2 is 1.74 bits per heavy atom. The molecule has 4 saturated carbocycles. The number of amides is 1. The van der Waals surface area contributed by atoms with Crippen molar-refractivity contribution in [1.29, 1.82) is 0 Å². The van der Waals surface area contributed by atoms with Crippen LogP contribution in [0.1, 0.15) is 51.9 Å². The van der Waals surface area contributed by atoms with Crippen molar-refractivity contribution in [2.45, 2.75) is 57.9 Å². The Hall–Kier alpha value is -0.570. The van der Waals surface area contributed by atoms with Crippen LogP contribution in [0.5, 0.6) is 0 Å². The Morgan fingerprint density at radius 1 is 1.21 bits per heavy atom. The zero-order chi connectivity index (χ0) is 13.5. The van der Waals surface area contributed by atoms with Gasteiger partial charge in [-0.3, -0.25) is 4.79 Å². The Balaban J connectivity index is 1.58. The summed E-state index contributed by atoms with van der Waals surface area (Å²) in [5.74, 6) is 3.02. The third-order valence-electron chi connectivity index (χ3n) is 5.52. The molecule has 3 nitrogen and oxygen atoms in total. The van der Waals surface area contributed by atoms with E-state index in [1.54, 1.807) is 7.11 Å². The molecule has 0 aromatic rings.